The van der Waals surface area contributed by atoms with Crippen LogP contribution in [0.4, 0.5) is 0 Å². The van der Waals surface area contributed by atoms with Gasteiger partial charge in [-0.1, -0.05) is 103 Å². The van der Waals surface area contributed by atoms with Crippen molar-refractivity contribution >= 4 is 43.0 Å². The lowest BCUT2D eigenvalue weighted by Gasteiger charge is -2.10. The van der Waals surface area contributed by atoms with Crippen LogP contribution in [0, 0.1) is 13.8 Å². The quantitative estimate of drug-likeness (QED) is 0.231. The summed E-state index contributed by atoms with van der Waals surface area (Å²) >= 11 is 1.91. The largest absolute Gasteiger partial charge is 0.135 e. The molecule has 0 unspecified atom stereocenters. The van der Waals surface area contributed by atoms with E-state index in [2.05, 4.69) is 135 Å². The Morgan fingerprint density at radius 2 is 0.973 bits per heavy atom. The standard InChI is InChI=1S/C36H26S/c1-23-19-29(30-13-11-25-7-3-5-9-27(25)20-30)15-17-33(23)36-24(2)34-18-16-32(22-35(34)37-36)31-14-12-26-8-4-6-10-28(26)21-31/h3-22H,1-2H3. The summed E-state index contributed by atoms with van der Waals surface area (Å²) in [6.45, 7) is 4.50. The molecule has 0 aliphatic rings. The van der Waals surface area contributed by atoms with E-state index in [0.29, 0.717) is 0 Å². The number of aryl methyl sites for hydroxylation is 2. The molecule has 0 fully saturated rings. The van der Waals surface area contributed by atoms with Crippen LogP contribution in [0.2, 0.25) is 0 Å². The van der Waals surface area contributed by atoms with Gasteiger partial charge in [0.05, 0.1) is 0 Å². The number of hydrogen-bond donors (Lipinski definition) is 0. The second kappa shape index (κ2) is 8.73. The van der Waals surface area contributed by atoms with Crippen LogP contribution in [0.3, 0.4) is 0 Å². The van der Waals surface area contributed by atoms with Crippen molar-refractivity contribution in [2.24, 2.45) is 0 Å². The van der Waals surface area contributed by atoms with E-state index in [4.69, 9.17) is 0 Å². The van der Waals surface area contributed by atoms with E-state index in [1.165, 1.54) is 75.5 Å². The molecule has 1 heterocycles. The highest BCUT2D eigenvalue weighted by molar-refractivity contribution is 7.22. The van der Waals surface area contributed by atoms with E-state index >= 15 is 0 Å². The van der Waals surface area contributed by atoms with Crippen LogP contribution < -0.4 is 0 Å². The van der Waals surface area contributed by atoms with Gasteiger partial charge < -0.3 is 0 Å². The van der Waals surface area contributed by atoms with Crippen LogP contribution in [0.15, 0.2) is 121 Å². The summed E-state index contributed by atoms with van der Waals surface area (Å²) in [5.74, 6) is 0. The molecule has 37 heavy (non-hydrogen) atoms. The van der Waals surface area contributed by atoms with E-state index in [1.807, 2.05) is 11.3 Å². The molecule has 0 aliphatic carbocycles. The van der Waals surface area contributed by atoms with Crippen molar-refractivity contribution in [3.05, 3.63) is 132 Å². The van der Waals surface area contributed by atoms with Crippen molar-refractivity contribution in [2.75, 3.05) is 0 Å². The van der Waals surface area contributed by atoms with E-state index < -0.39 is 0 Å². The predicted octanol–water partition coefficient (Wildman–Crippen LogP) is 10.8. The molecule has 0 bridgehead atoms. The minimum atomic E-state index is 1.27. The first kappa shape index (κ1) is 22.0. The first-order valence-electron chi connectivity index (χ1n) is 12.8. The molecule has 7 aromatic rings. The average Bonchev–Trinajstić information content (AvgIpc) is 3.27. The molecule has 0 saturated heterocycles. The fraction of sp³-hybridized carbons (Fsp3) is 0.0556. The molecule has 7 rings (SSSR count). The highest BCUT2D eigenvalue weighted by atomic mass is 32.1. The second-order valence-electron chi connectivity index (χ2n) is 9.92. The summed E-state index contributed by atoms with van der Waals surface area (Å²) < 4.78 is 1.34. The van der Waals surface area contributed by atoms with Gasteiger partial charge in [0.1, 0.15) is 0 Å². The minimum Gasteiger partial charge on any atom is -0.135 e. The summed E-state index contributed by atoms with van der Waals surface area (Å²) in [7, 11) is 0. The van der Waals surface area contributed by atoms with Gasteiger partial charge >= 0.3 is 0 Å². The van der Waals surface area contributed by atoms with E-state index in [1.54, 1.807) is 0 Å². The third kappa shape index (κ3) is 3.84. The molecule has 0 nitrogen and oxygen atoms in total. The molecule has 0 radical (unpaired) electrons. The van der Waals surface area contributed by atoms with Gasteiger partial charge in [0.15, 0.2) is 0 Å². The SMILES string of the molecule is Cc1cc(-c2ccc3ccccc3c2)ccc1-c1sc2cc(-c3ccc4ccccc4c3)ccc2c1C. The average molecular weight is 491 g/mol. The highest BCUT2D eigenvalue weighted by Crippen LogP contribution is 2.42. The van der Waals surface area contributed by atoms with Crippen molar-refractivity contribution in [1.29, 1.82) is 0 Å². The molecular weight excluding hydrogens is 464 g/mol. The summed E-state index contributed by atoms with van der Waals surface area (Å²) in [6.07, 6.45) is 0. The predicted molar refractivity (Wildman–Crippen MR) is 163 cm³/mol. The van der Waals surface area contributed by atoms with Crippen LogP contribution in [0.1, 0.15) is 11.1 Å². The zero-order valence-corrected chi connectivity index (χ0v) is 21.8. The lowest BCUT2D eigenvalue weighted by Crippen LogP contribution is -1.86. The molecule has 0 amide bonds. The fourth-order valence-corrected chi connectivity index (χ4v) is 6.84. The van der Waals surface area contributed by atoms with Gasteiger partial charge in [0.2, 0.25) is 0 Å². The third-order valence-corrected chi connectivity index (χ3v) is 8.86. The van der Waals surface area contributed by atoms with Crippen LogP contribution in [-0.2, 0) is 0 Å². The van der Waals surface area contributed by atoms with Crippen molar-refractivity contribution in [2.45, 2.75) is 13.8 Å². The smallest absolute Gasteiger partial charge is 0.0387 e. The van der Waals surface area contributed by atoms with Crippen LogP contribution in [-0.4, -0.2) is 0 Å². The van der Waals surface area contributed by atoms with Gasteiger partial charge in [-0.05, 0) is 97.9 Å². The van der Waals surface area contributed by atoms with Crippen LogP contribution in [0.25, 0.3) is 64.3 Å². The van der Waals surface area contributed by atoms with Crippen LogP contribution in [0.5, 0.6) is 0 Å². The van der Waals surface area contributed by atoms with Crippen molar-refractivity contribution in [1.82, 2.24) is 0 Å². The van der Waals surface area contributed by atoms with Crippen LogP contribution >= 0.6 is 11.3 Å². The number of benzene rings is 6. The Hall–Kier alpha value is -4.20. The number of rotatable bonds is 3. The normalized spacial score (nSPS) is 11.5. The second-order valence-corrected chi connectivity index (χ2v) is 11.0. The maximum Gasteiger partial charge on any atom is 0.0387 e. The van der Waals surface area contributed by atoms with Gasteiger partial charge in [-0.15, -0.1) is 11.3 Å². The maximum atomic E-state index is 2.36. The van der Waals surface area contributed by atoms with E-state index in [0.717, 1.165) is 0 Å². The first-order chi connectivity index (χ1) is 18.1. The molecule has 176 valence electrons. The van der Waals surface area contributed by atoms with Crippen molar-refractivity contribution < 1.29 is 0 Å². The van der Waals surface area contributed by atoms with Gasteiger partial charge in [-0.3, -0.25) is 0 Å². The molecule has 0 atom stereocenters. The topological polar surface area (TPSA) is 0 Å². The molecule has 6 aromatic carbocycles. The molecule has 1 aromatic heterocycles. The van der Waals surface area contributed by atoms with Crippen molar-refractivity contribution in [3.8, 4) is 32.7 Å². The van der Waals surface area contributed by atoms with Crippen molar-refractivity contribution in [3.63, 3.8) is 0 Å². The summed E-state index contributed by atoms with van der Waals surface area (Å²) in [5, 5.41) is 6.48. The molecule has 0 spiro atoms. The van der Waals surface area contributed by atoms with Gasteiger partial charge in [0.25, 0.3) is 0 Å². The number of hydrogen-bond acceptors (Lipinski definition) is 1. The Bertz CT molecular complexity index is 1950. The zero-order chi connectivity index (χ0) is 24.9. The molecular formula is C36H26S. The Kier molecular flexibility index (Phi) is 5.20. The van der Waals surface area contributed by atoms with Gasteiger partial charge in [-0.2, -0.15) is 0 Å². The monoisotopic (exact) mass is 490 g/mol. The summed E-state index contributed by atoms with van der Waals surface area (Å²) in [5.41, 5.74) is 9.08. The Balaban J connectivity index is 1.27. The number of thiophene rings is 1. The Labute approximate surface area is 221 Å². The van der Waals surface area contributed by atoms with E-state index in [-0.39, 0.29) is 0 Å². The van der Waals surface area contributed by atoms with E-state index in [9.17, 15) is 0 Å². The summed E-state index contributed by atoms with van der Waals surface area (Å²) in [4.78, 5) is 1.37. The molecule has 0 aliphatic heterocycles. The molecule has 0 N–H and O–H groups in total. The maximum absolute atomic E-state index is 2.36. The lowest BCUT2D eigenvalue weighted by atomic mass is 9.96. The Morgan fingerprint density at radius 1 is 0.459 bits per heavy atom. The number of fused-ring (bicyclic) bond motifs is 3. The molecule has 0 saturated carbocycles. The summed E-state index contributed by atoms with van der Waals surface area (Å²) in [6, 6.07) is 44.5. The fourth-order valence-electron chi connectivity index (χ4n) is 5.50. The minimum absolute atomic E-state index is 1.27. The highest BCUT2D eigenvalue weighted by Gasteiger charge is 2.14. The third-order valence-electron chi connectivity index (χ3n) is 7.57. The molecule has 1 heteroatoms. The zero-order valence-electron chi connectivity index (χ0n) is 21.0. The van der Waals surface area contributed by atoms with Gasteiger partial charge in [-0.25, -0.2) is 0 Å². The first-order valence-corrected chi connectivity index (χ1v) is 13.6. The lowest BCUT2D eigenvalue weighted by molar-refractivity contribution is 1.45. The van der Waals surface area contributed by atoms with Gasteiger partial charge in [0, 0.05) is 9.58 Å². The Morgan fingerprint density at radius 3 is 1.59 bits per heavy atom.